The van der Waals surface area contributed by atoms with Crippen LogP contribution in [-0.2, 0) is 19.2 Å². The molecule has 1 aromatic carbocycles. The maximum Gasteiger partial charge on any atom is 0.268 e. The van der Waals surface area contributed by atoms with Gasteiger partial charge in [-0.15, -0.1) is 11.8 Å². The van der Waals surface area contributed by atoms with Gasteiger partial charge in [0.1, 0.15) is 0 Å². The summed E-state index contributed by atoms with van der Waals surface area (Å²) in [5, 5.41) is 0. The van der Waals surface area contributed by atoms with Crippen molar-refractivity contribution in [3.05, 3.63) is 29.8 Å². The van der Waals surface area contributed by atoms with E-state index in [1.165, 1.54) is 0 Å². The summed E-state index contributed by atoms with van der Waals surface area (Å²) >= 11 is 1.60. The number of amides is 2. The number of carbonyl (C=O) groups excluding carboxylic acids is 2. The Morgan fingerprint density at radius 1 is 1.38 bits per heavy atom. The Bertz CT molecular complexity index is 676. The molecule has 1 atom stereocenters. The van der Waals surface area contributed by atoms with Gasteiger partial charge in [-0.2, -0.15) is 0 Å². The van der Waals surface area contributed by atoms with E-state index < -0.39 is 4.87 Å². The van der Waals surface area contributed by atoms with Gasteiger partial charge in [0.15, 0.2) is 4.87 Å². The fourth-order valence-electron chi connectivity index (χ4n) is 3.87. The van der Waals surface area contributed by atoms with Gasteiger partial charge in [-0.1, -0.05) is 24.6 Å². The molecule has 2 aliphatic heterocycles. The van der Waals surface area contributed by atoms with Crippen LogP contribution < -0.4 is 4.90 Å². The van der Waals surface area contributed by atoms with E-state index in [0.717, 1.165) is 36.3 Å². The van der Waals surface area contributed by atoms with Gasteiger partial charge in [-0.05, 0) is 18.9 Å². The van der Waals surface area contributed by atoms with Crippen LogP contribution in [0.15, 0.2) is 24.3 Å². The highest BCUT2D eigenvalue weighted by atomic mass is 32.2. The van der Waals surface area contributed by atoms with Crippen LogP contribution in [0, 0.1) is 5.92 Å². The van der Waals surface area contributed by atoms with Gasteiger partial charge in [0.25, 0.3) is 5.91 Å². The molecular formula is C18H22N2O3S. The predicted molar refractivity (Wildman–Crippen MR) is 93.9 cm³/mol. The van der Waals surface area contributed by atoms with E-state index in [-0.39, 0.29) is 17.7 Å². The lowest BCUT2D eigenvalue weighted by molar-refractivity contribution is -0.145. The lowest BCUT2D eigenvalue weighted by Crippen LogP contribution is -2.53. The first-order chi connectivity index (χ1) is 11.7. The van der Waals surface area contributed by atoms with E-state index >= 15 is 0 Å². The highest BCUT2D eigenvalue weighted by molar-refractivity contribution is 8.01. The fraction of sp³-hybridized carbons (Fsp3) is 0.556. The summed E-state index contributed by atoms with van der Waals surface area (Å²) in [6, 6.07) is 7.88. The molecule has 128 valence electrons. The van der Waals surface area contributed by atoms with Crippen LogP contribution >= 0.6 is 11.8 Å². The van der Waals surface area contributed by atoms with Gasteiger partial charge in [-0.3, -0.25) is 9.59 Å². The molecule has 0 bridgehead atoms. The van der Waals surface area contributed by atoms with E-state index in [1.807, 2.05) is 29.2 Å². The third-order valence-electron chi connectivity index (χ3n) is 5.34. The Balaban J connectivity index is 1.75. The normalized spacial score (nSPS) is 26.1. The molecule has 1 aromatic rings. The Morgan fingerprint density at radius 2 is 2.17 bits per heavy atom. The van der Waals surface area contributed by atoms with Crippen LogP contribution in [-0.4, -0.2) is 49.3 Å². The molecule has 3 aliphatic rings. The quantitative estimate of drug-likeness (QED) is 0.839. The average Bonchev–Trinajstić information content (AvgIpc) is 3.08. The van der Waals surface area contributed by atoms with Crippen LogP contribution in [0.25, 0.3) is 0 Å². The van der Waals surface area contributed by atoms with Crippen molar-refractivity contribution in [3.8, 4) is 0 Å². The molecule has 24 heavy (non-hydrogen) atoms. The van der Waals surface area contributed by atoms with Crippen LogP contribution in [0.3, 0.4) is 0 Å². The van der Waals surface area contributed by atoms with E-state index in [0.29, 0.717) is 19.7 Å². The van der Waals surface area contributed by atoms with E-state index in [4.69, 9.17) is 4.74 Å². The Morgan fingerprint density at radius 3 is 2.88 bits per heavy atom. The standard InChI is InChI=1S/C18H22N2O3S/c1-23-11-9-19-15-8-3-2-7-14(15)18(17(19)22)20(10-12-24-18)16(21)13-5-4-6-13/h2-3,7-8,13H,4-6,9-12H2,1H3. The Labute approximate surface area is 146 Å². The van der Waals surface area contributed by atoms with E-state index in [9.17, 15) is 9.59 Å². The van der Waals surface area contributed by atoms with Crippen LogP contribution in [0.2, 0.25) is 0 Å². The van der Waals surface area contributed by atoms with Gasteiger partial charge in [0.2, 0.25) is 5.91 Å². The van der Waals surface area contributed by atoms with Gasteiger partial charge in [0.05, 0.1) is 12.3 Å². The monoisotopic (exact) mass is 346 g/mol. The zero-order valence-corrected chi connectivity index (χ0v) is 14.7. The third-order valence-corrected chi connectivity index (χ3v) is 6.76. The van der Waals surface area contributed by atoms with Crippen molar-refractivity contribution in [3.63, 3.8) is 0 Å². The zero-order valence-electron chi connectivity index (χ0n) is 13.9. The molecule has 1 saturated carbocycles. The second kappa shape index (κ2) is 6.08. The first-order valence-electron chi connectivity index (χ1n) is 8.56. The van der Waals surface area contributed by atoms with Gasteiger partial charge in [-0.25, -0.2) is 0 Å². The SMILES string of the molecule is COCCN1C(=O)C2(SCCN2C(=O)C2CCC2)c2ccccc21. The molecule has 4 rings (SSSR count). The number of anilines is 1. The fourth-order valence-corrected chi connectivity index (χ4v) is 5.34. The summed E-state index contributed by atoms with van der Waals surface area (Å²) in [6.45, 7) is 1.65. The molecular weight excluding hydrogens is 324 g/mol. The number of hydrogen-bond donors (Lipinski definition) is 0. The Hall–Kier alpha value is -1.53. The highest BCUT2D eigenvalue weighted by Crippen LogP contribution is 2.54. The van der Waals surface area contributed by atoms with Crippen molar-refractivity contribution >= 4 is 29.3 Å². The summed E-state index contributed by atoms with van der Waals surface area (Å²) in [5.41, 5.74) is 1.88. The minimum Gasteiger partial charge on any atom is -0.383 e. The number of fused-ring (bicyclic) bond motifs is 2. The first kappa shape index (κ1) is 16.0. The highest BCUT2D eigenvalue weighted by Gasteiger charge is 2.59. The van der Waals surface area contributed by atoms with Crippen molar-refractivity contribution in [2.24, 2.45) is 5.92 Å². The average molecular weight is 346 g/mol. The van der Waals surface area contributed by atoms with Crippen LogP contribution in [0.5, 0.6) is 0 Å². The molecule has 0 radical (unpaired) electrons. The lowest BCUT2D eigenvalue weighted by atomic mass is 9.84. The van der Waals surface area contributed by atoms with Crippen molar-refractivity contribution in [2.45, 2.75) is 24.1 Å². The van der Waals surface area contributed by atoms with E-state index in [1.54, 1.807) is 23.8 Å². The van der Waals surface area contributed by atoms with E-state index in [2.05, 4.69) is 0 Å². The molecule has 5 nitrogen and oxygen atoms in total. The summed E-state index contributed by atoms with van der Waals surface area (Å²) in [4.78, 5) is 29.2. The number of ether oxygens (including phenoxy) is 1. The number of benzene rings is 1. The molecule has 6 heteroatoms. The van der Waals surface area contributed by atoms with Gasteiger partial charge < -0.3 is 14.5 Å². The van der Waals surface area contributed by atoms with Crippen LogP contribution in [0.1, 0.15) is 24.8 Å². The second-order valence-corrected chi connectivity index (χ2v) is 7.86. The number of carbonyl (C=O) groups is 2. The molecule has 1 unspecified atom stereocenters. The molecule has 1 spiro atoms. The minimum absolute atomic E-state index is 0.0101. The van der Waals surface area contributed by atoms with Crippen molar-refractivity contribution in [1.29, 1.82) is 0 Å². The first-order valence-corrected chi connectivity index (χ1v) is 9.54. The summed E-state index contributed by atoms with van der Waals surface area (Å²) in [6.07, 6.45) is 3.04. The molecule has 2 fully saturated rings. The number of thioether (sulfide) groups is 1. The largest absolute Gasteiger partial charge is 0.383 e. The van der Waals surface area contributed by atoms with Crippen molar-refractivity contribution < 1.29 is 14.3 Å². The molecule has 2 amide bonds. The number of hydrogen-bond acceptors (Lipinski definition) is 4. The van der Waals surface area contributed by atoms with Crippen LogP contribution in [0.4, 0.5) is 5.69 Å². The maximum atomic E-state index is 13.4. The summed E-state index contributed by atoms with van der Waals surface area (Å²) in [5.74, 6) is 1.07. The number of nitrogens with zero attached hydrogens (tertiary/aromatic N) is 2. The lowest BCUT2D eigenvalue weighted by Gasteiger charge is -2.37. The topological polar surface area (TPSA) is 49.9 Å². The molecule has 1 aliphatic carbocycles. The number of rotatable bonds is 4. The minimum atomic E-state index is -0.864. The molecule has 1 saturated heterocycles. The molecule has 2 heterocycles. The van der Waals surface area contributed by atoms with Crippen molar-refractivity contribution in [1.82, 2.24) is 4.90 Å². The predicted octanol–water partition coefficient (Wildman–Crippen LogP) is 2.21. The van der Waals surface area contributed by atoms with Gasteiger partial charge >= 0.3 is 0 Å². The molecule has 0 aromatic heterocycles. The summed E-state index contributed by atoms with van der Waals surface area (Å²) < 4.78 is 5.18. The van der Waals surface area contributed by atoms with Gasteiger partial charge in [0, 0.05) is 37.4 Å². The number of para-hydroxylation sites is 1. The summed E-state index contributed by atoms with van der Waals surface area (Å²) in [7, 11) is 1.64. The van der Waals surface area contributed by atoms with Crippen molar-refractivity contribution in [2.75, 3.05) is 37.5 Å². The Kier molecular flexibility index (Phi) is 4.04. The number of methoxy groups -OCH3 is 1. The maximum absolute atomic E-state index is 13.4. The zero-order chi connectivity index (χ0) is 16.7. The second-order valence-electron chi connectivity index (χ2n) is 6.58. The smallest absolute Gasteiger partial charge is 0.268 e. The molecule has 0 N–H and O–H groups in total. The third kappa shape index (κ3) is 2.12.